The summed E-state index contributed by atoms with van der Waals surface area (Å²) in [5, 5.41) is 12.4. The number of thioether (sulfide) groups is 1. The van der Waals surface area contributed by atoms with Crippen molar-refractivity contribution in [3.05, 3.63) is 111 Å². The Morgan fingerprint density at radius 3 is 2.61 bits per heavy atom. The van der Waals surface area contributed by atoms with Gasteiger partial charge in [-0.2, -0.15) is 4.98 Å². The molecule has 1 aliphatic heterocycles. The molecule has 1 aromatic heterocycles. The number of carbonyl (C=O) groups excluding carboxylic acids is 1. The fourth-order valence-corrected chi connectivity index (χ4v) is 5.09. The van der Waals surface area contributed by atoms with Crippen molar-refractivity contribution in [1.82, 2.24) is 14.8 Å². The maximum Gasteiger partial charge on any atom is 0.255 e. The molecule has 0 bridgehead atoms. The fourth-order valence-electron chi connectivity index (χ4n) is 3.98. The highest BCUT2D eigenvalue weighted by atomic mass is 35.5. The van der Waals surface area contributed by atoms with E-state index in [4.69, 9.17) is 23.2 Å². The number of allylic oxidation sites excluding steroid dienone is 1. The molecule has 0 spiro atoms. The van der Waals surface area contributed by atoms with Crippen molar-refractivity contribution in [2.24, 2.45) is 0 Å². The first-order valence-corrected chi connectivity index (χ1v) is 12.8. The minimum absolute atomic E-state index is 0.317. The topological polar surface area (TPSA) is 71.8 Å². The number of benzene rings is 3. The zero-order valence-corrected chi connectivity index (χ0v) is 21.3. The van der Waals surface area contributed by atoms with Gasteiger partial charge in [0.1, 0.15) is 11.9 Å². The zero-order valence-electron chi connectivity index (χ0n) is 19.0. The average molecular weight is 540 g/mol. The summed E-state index contributed by atoms with van der Waals surface area (Å²) in [6.45, 7) is 1.77. The standard InChI is InChI=1S/C26H20Cl2FN5OS/c1-15-22(24(35)31-19-11-9-17(27)10-12-19)23(20-7-2-3-8-21(20)29)34-25(30-15)32-26(33-34)36-14-16-5-4-6-18(28)13-16/h2-13,23H,14H2,1H3,(H,31,35)(H,30,32,33). The van der Waals surface area contributed by atoms with Crippen LogP contribution in [0.25, 0.3) is 0 Å². The molecule has 0 saturated carbocycles. The van der Waals surface area contributed by atoms with Crippen molar-refractivity contribution >= 4 is 52.5 Å². The third-order valence-electron chi connectivity index (χ3n) is 5.64. The van der Waals surface area contributed by atoms with Crippen LogP contribution in [-0.4, -0.2) is 20.7 Å². The number of hydrogen-bond acceptors (Lipinski definition) is 5. The number of nitrogens with one attached hydrogen (secondary N) is 2. The largest absolute Gasteiger partial charge is 0.328 e. The quantitative estimate of drug-likeness (QED) is 0.259. The Balaban J connectivity index is 1.49. The molecule has 182 valence electrons. The molecule has 5 rings (SSSR count). The minimum atomic E-state index is -0.817. The molecule has 0 fully saturated rings. The second-order valence-corrected chi connectivity index (χ2v) is 9.95. The minimum Gasteiger partial charge on any atom is -0.328 e. The van der Waals surface area contributed by atoms with Crippen molar-refractivity contribution in [3.63, 3.8) is 0 Å². The van der Waals surface area contributed by atoms with E-state index in [0.717, 1.165) is 5.56 Å². The van der Waals surface area contributed by atoms with Crippen LogP contribution in [-0.2, 0) is 10.5 Å². The van der Waals surface area contributed by atoms with Crippen LogP contribution in [0.3, 0.4) is 0 Å². The third-order valence-corrected chi connectivity index (χ3v) is 7.03. The SMILES string of the molecule is CC1=C(C(=O)Nc2ccc(Cl)cc2)C(c2ccccc2F)n2nc(SCc3cccc(Cl)c3)nc2N1. The van der Waals surface area contributed by atoms with E-state index in [1.807, 2.05) is 24.3 Å². The third kappa shape index (κ3) is 5.11. The van der Waals surface area contributed by atoms with E-state index >= 15 is 4.39 Å². The summed E-state index contributed by atoms with van der Waals surface area (Å²) in [5.41, 5.74) is 2.80. The van der Waals surface area contributed by atoms with E-state index in [0.29, 0.717) is 49.4 Å². The van der Waals surface area contributed by atoms with Crippen molar-refractivity contribution in [1.29, 1.82) is 0 Å². The lowest BCUT2D eigenvalue weighted by Crippen LogP contribution is -2.32. The maximum absolute atomic E-state index is 15.0. The Morgan fingerprint density at radius 2 is 1.86 bits per heavy atom. The molecule has 2 N–H and O–H groups in total. The van der Waals surface area contributed by atoms with Gasteiger partial charge in [0.15, 0.2) is 0 Å². The van der Waals surface area contributed by atoms with E-state index in [2.05, 4.69) is 20.7 Å². The van der Waals surface area contributed by atoms with Gasteiger partial charge in [0.25, 0.3) is 5.91 Å². The highest BCUT2D eigenvalue weighted by Gasteiger charge is 2.35. The second kappa shape index (κ2) is 10.3. The molecule has 10 heteroatoms. The average Bonchev–Trinajstić information content (AvgIpc) is 3.26. The summed E-state index contributed by atoms with van der Waals surface area (Å²) in [6, 6.07) is 19.9. The molecule has 0 radical (unpaired) electrons. The summed E-state index contributed by atoms with van der Waals surface area (Å²) in [7, 11) is 0. The Kier molecular flexibility index (Phi) is 7.00. The first-order valence-electron chi connectivity index (χ1n) is 11.0. The van der Waals surface area contributed by atoms with E-state index in [-0.39, 0.29) is 5.91 Å². The molecular weight excluding hydrogens is 520 g/mol. The molecule has 2 heterocycles. The van der Waals surface area contributed by atoms with E-state index in [9.17, 15) is 4.79 Å². The number of rotatable bonds is 6. The Labute approximate surface area is 221 Å². The van der Waals surface area contributed by atoms with Crippen molar-refractivity contribution in [2.45, 2.75) is 23.9 Å². The van der Waals surface area contributed by atoms with Gasteiger partial charge < -0.3 is 10.6 Å². The van der Waals surface area contributed by atoms with Gasteiger partial charge in [-0.05, 0) is 55.0 Å². The number of halogens is 3. The summed E-state index contributed by atoms with van der Waals surface area (Å²) in [5.74, 6) is 0.204. The molecule has 3 aromatic carbocycles. The van der Waals surface area contributed by atoms with Crippen molar-refractivity contribution in [2.75, 3.05) is 10.6 Å². The second-order valence-electron chi connectivity index (χ2n) is 8.13. The first kappa shape index (κ1) is 24.4. The lowest BCUT2D eigenvalue weighted by atomic mass is 9.94. The predicted octanol–water partition coefficient (Wildman–Crippen LogP) is 6.94. The molecule has 1 unspecified atom stereocenters. The van der Waals surface area contributed by atoms with Crippen LogP contribution in [0.1, 0.15) is 24.1 Å². The van der Waals surface area contributed by atoms with Gasteiger partial charge in [0.05, 0.1) is 5.57 Å². The molecule has 36 heavy (non-hydrogen) atoms. The fraction of sp³-hybridized carbons (Fsp3) is 0.115. The Bertz CT molecular complexity index is 1470. The molecule has 6 nitrogen and oxygen atoms in total. The number of aromatic nitrogens is 3. The number of fused-ring (bicyclic) bond motifs is 1. The lowest BCUT2D eigenvalue weighted by molar-refractivity contribution is -0.113. The van der Waals surface area contributed by atoms with Gasteiger partial charge in [0.2, 0.25) is 11.1 Å². The van der Waals surface area contributed by atoms with Crippen LogP contribution < -0.4 is 10.6 Å². The van der Waals surface area contributed by atoms with Crippen molar-refractivity contribution in [3.8, 4) is 0 Å². The summed E-state index contributed by atoms with van der Waals surface area (Å²) in [6.07, 6.45) is 0. The number of carbonyl (C=O) groups is 1. The zero-order chi connectivity index (χ0) is 25.2. The molecule has 1 amide bonds. The number of anilines is 2. The predicted molar refractivity (Wildman–Crippen MR) is 142 cm³/mol. The highest BCUT2D eigenvalue weighted by Crippen LogP contribution is 2.38. The molecule has 0 aliphatic carbocycles. The number of hydrogen-bond donors (Lipinski definition) is 2. The van der Waals surface area contributed by atoms with Gasteiger partial charge >= 0.3 is 0 Å². The molecule has 4 aromatic rings. The number of amides is 1. The van der Waals surface area contributed by atoms with Crippen LogP contribution in [0.2, 0.25) is 10.0 Å². The Morgan fingerprint density at radius 1 is 1.08 bits per heavy atom. The van der Waals surface area contributed by atoms with Gasteiger partial charge in [-0.3, -0.25) is 4.79 Å². The first-order chi connectivity index (χ1) is 17.4. The molecule has 1 aliphatic rings. The van der Waals surface area contributed by atoms with Gasteiger partial charge in [-0.25, -0.2) is 9.07 Å². The molecular formula is C26H20Cl2FN5OS. The summed E-state index contributed by atoms with van der Waals surface area (Å²) < 4.78 is 16.6. The van der Waals surface area contributed by atoms with Crippen LogP contribution >= 0.6 is 35.0 Å². The summed E-state index contributed by atoms with van der Waals surface area (Å²) >= 11 is 13.5. The maximum atomic E-state index is 15.0. The van der Waals surface area contributed by atoms with Gasteiger partial charge in [-0.1, -0.05) is 65.3 Å². The molecule has 0 saturated heterocycles. The Hall–Kier alpha value is -3.33. The smallest absolute Gasteiger partial charge is 0.255 e. The molecule has 1 atom stereocenters. The van der Waals surface area contributed by atoms with Crippen LogP contribution in [0.4, 0.5) is 16.0 Å². The summed E-state index contributed by atoms with van der Waals surface area (Å²) in [4.78, 5) is 18.1. The van der Waals surface area contributed by atoms with Crippen LogP contribution in [0.15, 0.2) is 89.2 Å². The monoisotopic (exact) mass is 539 g/mol. The van der Waals surface area contributed by atoms with E-state index < -0.39 is 11.9 Å². The normalized spacial score (nSPS) is 14.8. The highest BCUT2D eigenvalue weighted by molar-refractivity contribution is 7.98. The number of nitrogens with zero attached hydrogens (tertiary/aromatic N) is 3. The van der Waals surface area contributed by atoms with Gasteiger partial charge in [0, 0.05) is 32.7 Å². The van der Waals surface area contributed by atoms with Gasteiger partial charge in [-0.15, -0.1) is 5.10 Å². The van der Waals surface area contributed by atoms with E-state index in [1.165, 1.54) is 17.8 Å². The van der Waals surface area contributed by atoms with Crippen LogP contribution in [0.5, 0.6) is 0 Å². The van der Waals surface area contributed by atoms with E-state index in [1.54, 1.807) is 54.1 Å². The van der Waals surface area contributed by atoms with Crippen molar-refractivity contribution < 1.29 is 9.18 Å². The lowest BCUT2D eigenvalue weighted by Gasteiger charge is -2.28. The van der Waals surface area contributed by atoms with Crippen LogP contribution in [0, 0.1) is 5.82 Å².